The average molecular weight is 205 g/mol. The SMILES string of the molecule is NC(=O)C(N)CN1CCc2ccccc21. The summed E-state index contributed by atoms with van der Waals surface area (Å²) in [6.45, 7) is 1.42. The molecular formula is C11H15N3O. The highest BCUT2D eigenvalue weighted by Crippen LogP contribution is 2.26. The number of nitrogens with zero attached hydrogens (tertiary/aromatic N) is 1. The van der Waals surface area contributed by atoms with Gasteiger partial charge in [0.15, 0.2) is 0 Å². The summed E-state index contributed by atoms with van der Waals surface area (Å²) in [6, 6.07) is 7.58. The van der Waals surface area contributed by atoms with Gasteiger partial charge in [-0.05, 0) is 18.1 Å². The first kappa shape index (κ1) is 9.98. The van der Waals surface area contributed by atoms with Crippen LogP contribution >= 0.6 is 0 Å². The monoisotopic (exact) mass is 205 g/mol. The highest BCUT2D eigenvalue weighted by molar-refractivity contribution is 5.80. The minimum absolute atomic E-state index is 0.445. The zero-order chi connectivity index (χ0) is 10.8. The number of carbonyl (C=O) groups excluding carboxylic acids is 1. The van der Waals surface area contributed by atoms with Crippen molar-refractivity contribution in [3.05, 3.63) is 29.8 Å². The third kappa shape index (κ3) is 1.94. The Kier molecular flexibility index (Phi) is 2.60. The Morgan fingerprint density at radius 3 is 2.93 bits per heavy atom. The maximum absolute atomic E-state index is 10.9. The largest absolute Gasteiger partial charge is 0.369 e. The lowest BCUT2D eigenvalue weighted by atomic mass is 10.2. The lowest BCUT2D eigenvalue weighted by molar-refractivity contribution is -0.119. The Morgan fingerprint density at radius 2 is 2.20 bits per heavy atom. The van der Waals surface area contributed by atoms with Crippen LogP contribution in [0.5, 0.6) is 0 Å². The minimum atomic E-state index is -0.587. The van der Waals surface area contributed by atoms with Crippen molar-refractivity contribution < 1.29 is 4.79 Å². The molecule has 1 aromatic rings. The van der Waals surface area contributed by atoms with Gasteiger partial charge >= 0.3 is 0 Å². The van der Waals surface area contributed by atoms with E-state index in [4.69, 9.17) is 11.5 Å². The lowest BCUT2D eigenvalue weighted by Crippen LogP contribution is -2.45. The smallest absolute Gasteiger partial charge is 0.236 e. The summed E-state index contributed by atoms with van der Waals surface area (Å²) in [6.07, 6.45) is 1.02. The molecule has 1 aliphatic heterocycles. The van der Waals surface area contributed by atoms with Crippen molar-refractivity contribution in [2.45, 2.75) is 12.5 Å². The van der Waals surface area contributed by atoms with Crippen molar-refractivity contribution in [3.63, 3.8) is 0 Å². The molecular weight excluding hydrogens is 190 g/mol. The van der Waals surface area contributed by atoms with Crippen LogP contribution in [0.1, 0.15) is 5.56 Å². The summed E-state index contributed by atoms with van der Waals surface area (Å²) in [5, 5.41) is 0. The molecule has 0 saturated heterocycles. The highest BCUT2D eigenvalue weighted by Gasteiger charge is 2.21. The summed E-state index contributed by atoms with van der Waals surface area (Å²) < 4.78 is 0. The Labute approximate surface area is 88.9 Å². The van der Waals surface area contributed by atoms with E-state index in [-0.39, 0.29) is 0 Å². The first-order valence-corrected chi connectivity index (χ1v) is 5.06. The predicted molar refractivity (Wildman–Crippen MR) is 59.5 cm³/mol. The molecule has 1 aliphatic rings. The lowest BCUT2D eigenvalue weighted by Gasteiger charge is -2.21. The van der Waals surface area contributed by atoms with E-state index in [1.807, 2.05) is 12.1 Å². The van der Waals surface area contributed by atoms with Crippen LogP contribution in [0.2, 0.25) is 0 Å². The zero-order valence-electron chi connectivity index (χ0n) is 8.52. The highest BCUT2D eigenvalue weighted by atomic mass is 16.1. The van der Waals surface area contributed by atoms with Gasteiger partial charge in [0.05, 0.1) is 0 Å². The molecule has 1 unspecified atom stereocenters. The Hall–Kier alpha value is -1.55. The van der Waals surface area contributed by atoms with E-state index in [0.29, 0.717) is 6.54 Å². The van der Waals surface area contributed by atoms with E-state index >= 15 is 0 Å². The maximum atomic E-state index is 10.9. The van der Waals surface area contributed by atoms with Gasteiger partial charge in [-0.15, -0.1) is 0 Å². The molecule has 15 heavy (non-hydrogen) atoms. The summed E-state index contributed by atoms with van der Waals surface area (Å²) in [7, 11) is 0. The molecule has 0 saturated carbocycles. The number of fused-ring (bicyclic) bond motifs is 1. The fourth-order valence-corrected chi connectivity index (χ4v) is 1.92. The number of benzene rings is 1. The number of amides is 1. The van der Waals surface area contributed by atoms with Gasteiger partial charge in [-0.1, -0.05) is 18.2 Å². The van der Waals surface area contributed by atoms with Gasteiger partial charge in [-0.2, -0.15) is 0 Å². The van der Waals surface area contributed by atoms with E-state index in [1.165, 1.54) is 11.3 Å². The van der Waals surface area contributed by atoms with Crippen LogP contribution < -0.4 is 16.4 Å². The topological polar surface area (TPSA) is 72.3 Å². The average Bonchev–Trinajstić information content (AvgIpc) is 2.62. The number of primary amides is 1. The number of para-hydroxylation sites is 1. The second-order valence-corrected chi connectivity index (χ2v) is 3.83. The summed E-state index contributed by atoms with van der Waals surface area (Å²) in [5.74, 6) is -0.445. The van der Waals surface area contributed by atoms with E-state index < -0.39 is 11.9 Å². The summed E-state index contributed by atoms with van der Waals surface area (Å²) in [5.41, 5.74) is 13.3. The van der Waals surface area contributed by atoms with E-state index in [0.717, 1.165) is 13.0 Å². The summed E-state index contributed by atoms with van der Waals surface area (Å²) >= 11 is 0. The molecule has 1 atom stereocenters. The normalized spacial score (nSPS) is 16.2. The van der Waals surface area contributed by atoms with Crippen LogP contribution in [0, 0.1) is 0 Å². The van der Waals surface area contributed by atoms with Crippen LogP contribution in [0.25, 0.3) is 0 Å². The van der Waals surface area contributed by atoms with Crippen molar-refractivity contribution in [1.29, 1.82) is 0 Å². The molecule has 80 valence electrons. The van der Waals surface area contributed by atoms with Gasteiger partial charge in [-0.3, -0.25) is 4.79 Å². The number of carbonyl (C=O) groups is 1. The molecule has 0 bridgehead atoms. The van der Waals surface area contributed by atoms with Crippen molar-refractivity contribution >= 4 is 11.6 Å². The maximum Gasteiger partial charge on any atom is 0.236 e. The third-order valence-corrected chi connectivity index (χ3v) is 2.77. The fraction of sp³-hybridized carbons (Fsp3) is 0.364. The molecule has 0 spiro atoms. The van der Waals surface area contributed by atoms with Crippen LogP contribution in [0.15, 0.2) is 24.3 Å². The van der Waals surface area contributed by atoms with Crippen molar-refractivity contribution in [3.8, 4) is 0 Å². The zero-order valence-corrected chi connectivity index (χ0v) is 8.52. The number of anilines is 1. The number of nitrogens with two attached hydrogens (primary N) is 2. The van der Waals surface area contributed by atoms with E-state index in [9.17, 15) is 4.79 Å². The van der Waals surface area contributed by atoms with Crippen LogP contribution in [-0.2, 0) is 11.2 Å². The number of hydrogen-bond donors (Lipinski definition) is 2. The first-order valence-electron chi connectivity index (χ1n) is 5.06. The van der Waals surface area contributed by atoms with E-state index in [1.54, 1.807) is 0 Å². The van der Waals surface area contributed by atoms with E-state index in [2.05, 4.69) is 17.0 Å². The standard InChI is InChI=1S/C11H15N3O/c12-9(11(13)15)7-14-6-5-8-3-1-2-4-10(8)14/h1-4,9H,5-7,12H2,(H2,13,15). The second kappa shape index (κ2) is 3.90. The first-order chi connectivity index (χ1) is 7.18. The van der Waals surface area contributed by atoms with Gasteiger partial charge in [-0.25, -0.2) is 0 Å². The van der Waals surface area contributed by atoms with Gasteiger partial charge in [0.2, 0.25) is 5.91 Å². The predicted octanol–water partition coefficient (Wildman–Crippen LogP) is -0.138. The third-order valence-electron chi connectivity index (χ3n) is 2.77. The molecule has 2 rings (SSSR count). The van der Waals surface area contributed by atoms with Crippen molar-refractivity contribution in [2.24, 2.45) is 11.5 Å². The number of hydrogen-bond acceptors (Lipinski definition) is 3. The molecule has 0 radical (unpaired) electrons. The van der Waals surface area contributed by atoms with Crippen molar-refractivity contribution in [1.82, 2.24) is 0 Å². The molecule has 1 amide bonds. The molecule has 4 nitrogen and oxygen atoms in total. The Balaban J connectivity index is 2.11. The Bertz CT molecular complexity index is 378. The van der Waals surface area contributed by atoms with Gasteiger partial charge < -0.3 is 16.4 Å². The second-order valence-electron chi connectivity index (χ2n) is 3.83. The fourth-order valence-electron chi connectivity index (χ4n) is 1.92. The quantitative estimate of drug-likeness (QED) is 0.721. The van der Waals surface area contributed by atoms with Gasteiger partial charge in [0.25, 0.3) is 0 Å². The summed E-state index contributed by atoms with van der Waals surface area (Å²) in [4.78, 5) is 13.0. The number of rotatable bonds is 3. The molecule has 4 heteroatoms. The molecule has 0 aromatic heterocycles. The molecule has 0 fully saturated rings. The van der Waals surface area contributed by atoms with Crippen LogP contribution in [0.4, 0.5) is 5.69 Å². The molecule has 0 aliphatic carbocycles. The van der Waals surface area contributed by atoms with Crippen LogP contribution in [-0.4, -0.2) is 25.0 Å². The molecule has 4 N–H and O–H groups in total. The minimum Gasteiger partial charge on any atom is -0.369 e. The van der Waals surface area contributed by atoms with Gasteiger partial charge in [0.1, 0.15) is 6.04 Å². The van der Waals surface area contributed by atoms with Crippen molar-refractivity contribution in [2.75, 3.05) is 18.0 Å². The van der Waals surface area contributed by atoms with Crippen LogP contribution in [0.3, 0.4) is 0 Å². The molecule has 1 aromatic carbocycles. The van der Waals surface area contributed by atoms with Gasteiger partial charge in [0, 0.05) is 18.8 Å². The Morgan fingerprint density at radius 1 is 1.47 bits per heavy atom. The molecule has 1 heterocycles.